The third kappa shape index (κ3) is 2.42. The maximum Gasteiger partial charge on any atom is 0.0906 e. The number of rotatable bonds is 4. The highest BCUT2D eigenvalue weighted by atomic mass is 19.1. The number of halogens is 1. The first kappa shape index (κ1) is 8.94. The monoisotopic (exact) mass is 161 g/mol. The van der Waals surface area contributed by atoms with Gasteiger partial charge in [-0.25, -0.2) is 0 Å². The molecule has 0 aromatic heterocycles. The number of hydrogen-bond donors (Lipinski definition) is 1. The highest BCUT2D eigenvalue weighted by molar-refractivity contribution is 4.77. The fourth-order valence-corrected chi connectivity index (χ4v) is 1.66. The molecule has 1 atom stereocenters. The molecule has 66 valence electrons. The third-order valence-corrected chi connectivity index (χ3v) is 2.29. The van der Waals surface area contributed by atoms with Gasteiger partial charge in [0.15, 0.2) is 0 Å². The molecule has 0 aliphatic carbocycles. The zero-order chi connectivity index (χ0) is 8.10. The smallest absolute Gasteiger partial charge is 0.0906 e. The minimum atomic E-state index is -0.241. The molecule has 0 aromatic rings. The van der Waals surface area contributed by atoms with Crippen molar-refractivity contribution in [3.05, 3.63) is 0 Å². The topological polar surface area (TPSA) is 23.5 Å². The van der Waals surface area contributed by atoms with Crippen molar-refractivity contribution in [2.24, 2.45) is 0 Å². The van der Waals surface area contributed by atoms with Crippen LogP contribution in [0.1, 0.15) is 19.3 Å². The summed E-state index contributed by atoms with van der Waals surface area (Å²) in [7, 11) is 0. The Morgan fingerprint density at radius 1 is 1.55 bits per heavy atom. The third-order valence-electron chi connectivity index (χ3n) is 2.29. The molecular weight excluding hydrogens is 145 g/mol. The number of alkyl halides is 1. The summed E-state index contributed by atoms with van der Waals surface area (Å²) in [5.41, 5.74) is 0. The van der Waals surface area contributed by atoms with Crippen LogP contribution in [0.4, 0.5) is 4.39 Å². The minimum Gasteiger partial charge on any atom is -0.395 e. The fourth-order valence-electron chi connectivity index (χ4n) is 1.66. The van der Waals surface area contributed by atoms with E-state index in [9.17, 15) is 4.39 Å². The molecule has 0 spiro atoms. The van der Waals surface area contributed by atoms with E-state index in [4.69, 9.17) is 5.11 Å². The van der Waals surface area contributed by atoms with Crippen molar-refractivity contribution >= 4 is 0 Å². The van der Waals surface area contributed by atoms with Crippen LogP contribution in [0.2, 0.25) is 0 Å². The summed E-state index contributed by atoms with van der Waals surface area (Å²) in [6.45, 7) is 1.83. The number of hydrogen-bond acceptors (Lipinski definition) is 2. The Kier molecular flexibility index (Phi) is 3.80. The Bertz CT molecular complexity index is 110. The van der Waals surface area contributed by atoms with Crippen molar-refractivity contribution in [1.82, 2.24) is 4.90 Å². The van der Waals surface area contributed by atoms with Crippen LogP contribution in [-0.4, -0.2) is 42.4 Å². The standard InChI is InChI=1S/C8H16FNO/c9-4-2-6-10-5-1-3-8(10)7-11/h8,11H,1-7H2/t8-/m0/s1. The first-order valence-corrected chi connectivity index (χ1v) is 4.29. The van der Waals surface area contributed by atoms with Gasteiger partial charge in [0.05, 0.1) is 13.3 Å². The van der Waals surface area contributed by atoms with E-state index in [1.807, 2.05) is 0 Å². The molecule has 2 nitrogen and oxygen atoms in total. The van der Waals surface area contributed by atoms with E-state index in [2.05, 4.69) is 4.90 Å². The SMILES string of the molecule is OC[C@@H]1CCCN1CCCF. The van der Waals surface area contributed by atoms with Gasteiger partial charge in [0.2, 0.25) is 0 Å². The Morgan fingerprint density at radius 2 is 2.36 bits per heavy atom. The van der Waals surface area contributed by atoms with Crippen molar-refractivity contribution in [2.45, 2.75) is 25.3 Å². The first-order valence-electron chi connectivity index (χ1n) is 4.29. The molecular formula is C8H16FNO. The van der Waals surface area contributed by atoms with Gasteiger partial charge in [0, 0.05) is 12.6 Å². The predicted octanol–water partition coefficient (Wildman–Crippen LogP) is 0.803. The van der Waals surface area contributed by atoms with Crippen LogP contribution in [0.15, 0.2) is 0 Å². The van der Waals surface area contributed by atoms with E-state index in [0.29, 0.717) is 12.5 Å². The lowest BCUT2D eigenvalue weighted by Crippen LogP contribution is -2.33. The lowest BCUT2D eigenvalue weighted by molar-refractivity contribution is 0.155. The van der Waals surface area contributed by atoms with Crippen LogP contribution in [0, 0.1) is 0 Å². The van der Waals surface area contributed by atoms with Gasteiger partial charge in [-0.3, -0.25) is 9.29 Å². The summed E-state index contributed by atoms with van der Waals surface area (Å²) in [5, 5.41) is 8.90. The molecule has 11 heavy (non-hydrogen) atoms. The van der Waals surface area contributed by atoms with E-state index >= 15 is 0 Å². The molecule has 1 N–H and O–H groups in total. The van der Waals surface area contributed by atoms with Crippen LogP contribution in [-0.2, 0) is 0 Å². The molecule has 0 saturated carbocycles. The molecule has 1 rings (SSSR count). The zero-order valence-corrected chi connectivity index (χ0v) is 6.80. The molecule has 1 aliphatic heterocycles. The van der Waals surface area contributed by atoms with Crippen LogP contribution in [0.5, 0.6) is 0 Å². The van der Waals surface area contributed by atoms with Crippen molar-refractivity contribution < 1.29 is 9.50 Å². The van der Waals surface area contributed by atoms with E-state index in [1.54, 1.807) is 0 Å². The van der Waals surface area contributed by atoms with E-state index in [1.165, 1.54) is 0 Å². The number of aliphatic hydroxyl groups excluding tert-OH is 1. The first-order chi connectivity index (χ1) is 5.38. The van der Waals surface area contributed by atoms with Crippen molar-refractivity contribution in [3.8, 4) is 0 Å². The Labute approximate surface area is 67.0 Å². The second-order valence-corrected chi connectivity index (χ2v) is 3.06. The molecule has 3 heteroatoms. The number of nitrogens with zero attached hydrogens (tertiary/aromatic N) is 1. The molecule has 1 saturated heterocycles. The molecule has 1 aliphatic rings. The highest BCUT2D eigenvalue weighted by Gasteiger charge is 2.22. The van der Waals surface area contributed by atoms with Gasteiger partial charge < -0.3 is 5.11 Å². The summed E-state index contributed by atoms with van der Waals surface area (Å²) in [5.74, 6) is 0. The van der Waals surface area contributed by atoms with E-state index in [0.717, 1.165) is 25.9 Å². The van der Waals surface area contributed by atoms with Gasteiger partial charge >= 0.3 is 0 Å². The van der Waals surface area contributed by atoms with Gasteiger partial charge in [0.1, 0.15) is 0 Å². The summed E-state index contributed by atoms with van der Waals surface area (Å²) in [4.78, 5) is 2.18. The molecule has 0 amide bonds. The lowest BCUT2D eigenvalue weighted by Gasteiger charge is -2.21. The summed E-state index contributed by atoms with van der Waals surface area (Å²) >= 11 is 0. The van der Waals surface area contributed by atoms with E-state index in [-0.39, 0.29) is 13.3 Å². The molecule has 1 heterocycles. The van der Waals surface area contributed by atoms with Crippen LogP contribution < -0.4 is 0 Å². The second kappa shape index (κ2) is 4.67. The van der Waals surface area contributed by atoms with Gasteiger partial charge in [-0.2, -0.15) is 0 Å². The number of likely N-dealkylation sites (tertiary alicyclic amines) is 1. The summed E-state index contributed by atoms with van der Waals surface area (Å²) < 4.78 is 11.8. The average molecular weight is 161 g/mol. The molecule has 0 aromatic carbocycles. The van der Waals surface area contributed by atoms with Crippen molar-refractivity contribution in [2.75, 3.05) is 26.4 Å². The predicted molar refractivity (Wildman–Crippen MR) is 42.3 cm³/mol. The maximum absolute atomic E-state index is 11.8. The fraction of sp³-hybridized carbons (Fsp3) is 1.00. The van der Waals surface area contributed by atoms with Gasteiger partial charge in [-0.05, 0) is 25.8 Å². The molecule has 0 radical (unpaired) electrons. The van der Waals surface area contributed by atoms with Crippen LogP contribution in [0.3, 0.4) is 0 Å². The van der Waals surface area contributed by atoms with Gasteiger partial charge in [-0.15, -0.1) is 0 Å². The largest absolute Gasteiger partial charge is 0.395 e. The summed E-state index contributed by atoms with van der Waals surface area (Å²) in [6, 6.07) is 0.307. The van der Waals surface area contributed by atoms with Crippen LogP contribution >= 0.6 is 0 Å². The Balaban J connectivity index is 2.20. The summed E-state index contributed by atoms with van der Waals surface area (Å²) in [6.07, 6.45) is 2.83. The normalized spacial score (nSPS) is 26.2. The average Bonchev–Trinajstić information content (AvgIpc) is 2.47. The zero-order valence-electron chi connectivity index (χ0n) is 6.80. The van der Waals surface area contributed by atoms with Crippen molar-refractivity contribution in [1.29, 1.82) is 0 Å². The van der Waals surface area contributed by atoms with E-state index < -0.39 is 0 Å². The Hall–Kier alpha value is -0.150. The highest BCUT2D eigenvalue weighted by Crippen LogP contribution is 2.16. The second-order valence-electron chi connectivity index (χ2n) is 3.06. The van der Waals surface area contributed by atoms with Crippen LogP contribution in [0.25, 0.3) is 0 Å². The maximum atomic E-state index is 11.8. The number of aliphatic hydroxyl groups is 1. The molecule has 0 bridgehead atoms. The lowest BCUT2D eigenvalue weighted by atomic mass is 10.2. The molecule has 1 fully saturated rings. The van der Waals surface area contributed by atoms with Gasteiger partial charge in [-0.1, -0.05) is 0 Å². The minimum absolute atomic E-state index is 0.228. The quantitative estimate of drug-likeness (QED) is 0.659. The Morgan fingerprint density at radius 3 is 3.00 bits per heavy atom. The van der Waals surface area contributed by atoms with Crippen molar-refractivity contribution in [3.63, 3.8) is 0 Å². The van der Waals surface area contributed by atoms with Gasteiger partial charge in [0.25, 0.3) is 0 Å². The molecule has 0 unspecified atom stereocenters.